The van der Waals surface area contributed by atoms with Crippen LogP contribution in [0.5, 0.6) is 0 Å². The molecule has 0 aliphatic carbocycles. The van der Waals surface area contributed by atoms with Gasteiger partial charge < -0.3 is 35.0 Å². The lowest BCUT2D eigenvalue weighted by atomic mass is 9.95. The fourth-order valence-corrected chi connectivity index (χ4v) is 10.5. The Morgan fingerprint density at radius 3 is 2.30 bits per heavy atom. The van der Waals surface area contributed by atoms with Gasteiger partial charge in [-0.1, -0.05) is 42.2 Å². The molecule has 71 heavy (non-hydrogen) atoms. The van der Waals surface area contributed by atoms with E-state index in [1.807, 2.05) is 85.1 Å². The van der Waals surface area contributed by atoms with Crippen LogP contribution in [-0.2, 0) is 16.6 Å². The Labute approximate surface area is 420 Å². The van der Waals surface area contributed by atoms with E-state index in [0.29, 0.717) is 63.5 Å². The molecule has 1 fully saturated rings. The van der Waals surface area contributed by atoms with Gasteiger partial charge in [0.1, 0.15) is 11.5 Å². The van der Waals surface area contributed by atoms with Crippen molar-refractivity contribution in [2.45, 2.75) is 42.1 Å². The maximum absolute atomic E-state index is 14.2. The Hall–Kier alpha value is -6.52. The summed E-state index contributed by atoms with van der Waals surface area (Å²) in [4.78, 5) is 33.5. The highest BCUT2D eigenvalue weighted by Crippen LogP contribution is 2.40. The number of nitrogens with one attached hydrogen (secondary N) is 3. The van der Waals surface area contributed by atoms with Gasteiger partial charge in [0.25, 0.3) is 21.6 Å². The number of aliphatic hydroxyl groups excluding tert-OH is 1. The van der Waals surface area contributed by atoms with Gasteiger partial charge in [0.2, 0.25) is 0 Å². The molecule has 1 saturated heterocycles. The predicted octanol–water partition coefficient (Wildman–Crippen LogP) is 8.26. The normalized spacial score (nSPS) is 13.6. The molecule has 1 aromatic heterocycles. The molecule has 1 amide bonds. The summed E-state index contributed by atoms with van der Waals surface area (Å²) in [5.74, 6) is 6.35. The van der Waals surface area contributed by atoms with Gasteiger partial charge in [-0.3, -0.25) is 19.6 Å². The van der Waals surface area contributed by atoms with Gasteiger partial charge >= 0.3 is 0 Å². The van der Waals surface area contributed by atoms with Gasteiger partial charge in [-0.2, -0.15) is 0 Å². The van der Waals surface area contributed by atoms with Gasteiger partial charge in [-0.25, -0.2) is 12.8 Å². The molecule has 1 aliphatic rings. The van der Waals surface area contributed by atoms with Crippen LogP contribution in [0.25, 0.3) is 22.4 Å². The summed E-state index contributed by atoms with van der Waals surface area (Å²) in [7, 11) is 1.82. The maximum Gasteiger partial charge on any atom is 0.293 e. The number of piperazine rings is 1. The number of thioether (sulfide) groups is 1. The van der Waals surface area contributed by atoms with Crippen molar-refractivity contribution in [3.8, 4) is 34.2 Å². The van der Waals surface area contributed by atoms with Crippen LogP contribution in [0.1, 0.15) is 40.0 Å². The molecule has 0 radical (unpaired) electrons. The smallest absolute Gasteiger partial charge is 0.293 e. The van der Waals surface area contributed by atoms with Gasteiger partial charge in [-0.05, 0) is 150 Å². The SMILES string of the molecule is Cc1c(C(=O)NCCCN2CCN(C)CC2)c(-c2cccc(C#Cc3ccc(NS(=O)(=O)c4ccc(N[C@H](CCN(C)C)CSc5ccccc5)c([N+](=O)[O-])c4)cc3)c2)c(-c2ccc(F)cc2)n1CCO. The van der Waals surface area contributed by atoms with Crippen LogP contribution in [0.4, 0.5) is 21.5 Å². The van der Waals surface area contributed by atoms with Crippen molar-refractivity contribution in [3.63, 3.8) is 0 Å². The fourth-order valence-electron chi connectivity index (χ4n) is 8.48. The minimum atomic E-state index is -4.23. The number of hydrogen-bond donors (Lipinski definition) is 4. The van der Waals surface area contributed by atoms with Crippen LogP contribution in [0.3, 0.4) is 0 Å². The number of sulfonamides is 1. The van der Waals surface area contributed by atoms with Crippen LogP contribution >= 0.6 is 11.8 Å². The molecule has 0 saturated carbocycles. The lowest BCUT2D eigenvalue weighted by molar-refractivity contribution is -0.384. The van der Waals surface area contributed by atoms with Crippen LogP contribution < -0.4 is 15.4 Å². The first-order valence-corrected chi connectivity index (χ1v) is 26.1. The summed E-state index contributed by atoms with van der Waals surface area (Å²) in [5, 5.41) is 29.0. The van der Waals surface area contributed by atoms with E-state index in [9.17, 15) is 32.8 Å². The standard InChI is InChI=1S/C54H61FN8O6S2/c1-39-51(54(65)56-27-9-28-61-32-30-60(4)31-33-61)52(53(62(39)34-35-64)42-18-20-44(55)21-19-42)43-11-8-10-41(36-43)15-14-40-16-22-45(23-17-40)58-71(68,69)48-24-25-49(50(37-48)63(66)67)57-46(26-29-59(2)3)38-70-47-12-6-5-7-13-47/h5-8,10-13,16-25,36-37,46,57-58,64H,9,26-35,38H2,1-4H3,(H,56,65)/t46-/m1/s1. The van der Waals surface area contributed by atoms with E-state index in [2.05, 4.69) is 44.0 Å². The number of aliphatic hydroxyl groups is 1. The summed E-state index contributed by atoms with van der Waals surface area (Å²) < 4.78 is 45.9. The second kappa shape index (κ2) is 24.5. The minimum Gasteiger partial charge on any atom is -0.395 e. The van der Waals surface area contributed by atoms with Crippen LogP contribution in [-0.4, -0.2) is 129 Å². The zero-order chi connectivity index (χ0) is 50.5. The maximum atomic E-state index is 14.2. The Balaban J connectivity index is 1.08. The highest BCUT2D eigenvalue weighted by Gasteiger charge is 2.28. The molecular weight excluding hydrogens is 940 g/mol. The number of carbonyl (C=O) groups excluding carboxylic acids is 1. The van der Waals surface area contributed by atoms with Gasteiger partial charge in [0.15, 0.2) is 0 Å². The quantitative estimate of drug-likeness (QED) is 0.0180. The first-order chi connectivity index (χ1) is 34.2. The molecule has 0 spiro atoms. The van der Waals surface area contributed by atoms with E-state index < -0.39 is 20.8 Å². The Bertz CT molecular complexity index is 2950. The average Bonchev–Trinajstić information content (AvgIpc) is 3.65. The number of benzene rings is 5. The summed E-state index contributed by atoms with van der Waals surface area (Å²) in [5.41, 5.74) is 5.17. The molecule has 372 valence electrons. The van der Waals surface area contributed by atoms with E-state index in [1.165, 1.54) is 24.3 Å². The van der Waals surface area contributed by atoms with Crippen molar-refractivity contribution in [2.75, 3.05) is 89.4 Å². The molecule has 2 heterocycles. The zero-order valence-corrected chi connectivity index (χ0v) is 42.2. The number of amides is 1. The van der Waals surface area contributed by atoms with E-state index in [4.69, 9.17) is 0 Å². The van der Waals surface area contributed by atoms with Crippen molar-refractivity contribution in [3.05, 3.63) is 160 Å². The summed E-state index contributed by atoms with van der Waals surface area (Å²) >= 11 is 1.64. The molecule has 6 aromatic rings. The van der Waals surface area contributed by atoms with Gasteiger partial charge in [0.05, 0.1) is 27.7 Å². The van der Waals surface area contributed by atoms with Crippen molar-refractivity contribution < 1.29 is 27.6 Å². The molecule has 7 rings (SSSR count). The number of hydrogen-bond acceptors (Lipinski definition) is 11. The highest BCUT2D eigenvalue weighted by molar-refractivity contribution is 7.99. The molecule has 4 N–H and O–H groups in total. The number of anilines is 2. The lowest BCUT2D eigenvalue weighted by Crippen LogP contribution is -2.45. The van der Waals surface area contributed by atoms with E-state index in [0.717, 1.165) is 56.7 Å². The molecule has 1 atom stereocenters. The van der Waals surface area contributed by atoms with Crippen molar-refractivity contribution >= 4 is 44.8 Å². The van der Waals surface area contributed by atoms with E-state index in [1.54, 1.807) is 48.2 Å². The minimum absolute atomic E-state index is 0.138. The summed E-state index contributed by atoms with van der Waals surface area (Å²) in [6.45, 7) is 8.00. The zero-order valence-electron chi connectivity index (χ0n) is 40.5. The number of nitro benzene ring substituents is 1. The summed E-state index contributed by atoms with van der Waals surface area (Å²) in [6.07, 6.45) is 1.49. The number of nitrogens with zero attached hydrogens (tertiary/aromatic N) is 5. The predicted molar refractivity (Wildman–Crippen MR) is 282 cm³/mol. The van der Waals surface area contributed by atoms with Crippen molar-refractivity contribution in [2.24, 2.45) is 0 Å². The Kier molecular flexibility index (Phi) is 18.1. The van der Waals surface area contributed by atoms with E-state index in [-0.39, 0.29) is 47.1 Å². The monoisotopic (exact) mass is 1000 g/mol. The molecule has 14 nitrogen and oxygen atoms in total. The molecule has 1 aliphatic heterocycles. The largest absolute Gasteiger partial charge is 0.395 e. The first-order valence-electron chi connectivity index (χ1n) is 23.6. The van der Waals surface area contributed by atoms with Crippen molar-refractivity contribution in [1.82, 2.24) is 24.6 Å². The van der Waals surface area contributed by atoms with Gasteiger partial charge in [-0.15, -0.1) is 11.8 Å². The van der Waals surface area contributed by atoms with Gasteiger partial charge in [0, 0.05) is 90.1 Å². The number of halogens is 1. The topological polar surface area (TPSA) is 165 Å². The Morgan fingerprint density at radius 2 is 1.61 bits per heavy atom. The van der Waals surface area contributed by atoms with Crippen LogP contribution in [0, 0.1) is 34.7 Å². The van der Waals surface area contributed by atoms with E-state index >= 15 is 0 Å². The number of nitro groups is 1. The average molecular weight is 1000 g/mol. The first kappa shape index (κ1) is 52.3. The third kappa shape index (κ3) is 14.1. The lowest BCUT2D eigenvalue weighted by Gasteiger charge is -2.32. The van der Waals surface area contributed by atoms with Crippen LogP contribution in [0.15, 0.2) is 131 Å². The molecule has 0 unspecified atom stereocenters. The molecular formula is C54H61FN8O6S2. The van der Waals surface area contributed by atoms with Crippen LogP contribution in [0.2, 0.25) is 0 Å². The fraction of sp³-hybridized carbons (Fsp3) is 0.315. The number of aromatic nitrogens is 1. The third-order valence-electron chi connectivity index (χ3n) is 12.3. The Morgan fingerprint density at radius 1 is 0.887 bits per heavy atom. The number of rotatable bonds is 21. The highest BCUT2D eigenvalue weighted by atomic mass is 32.2. The number of likely N-dealkylation sites (N-methyl/N-ethyl adjacent to an activating group) is 1. The molecule has 17 heteroatoms. The molecule has 0 bridgehead atoms. The second-order valence-corrected chi connectivity index (χ2v) is 20.6. The van der Waals surface area contributed by atoms with Crippen molar-refractivity contribution in [1.29, 1.82) is 0 Å². The molecule has 5 aromatic carbocycles. The second-order valence-electron chi connectivity index (χ2n) is 17.8. The number of carbonyl (C=O) groups is 1. The summed E-state index contributed by atoms with van der Waals surface area (Å²) in [6, 6.07) is 33.7. The third-order valence-corrected chi connectivity index (χ3v) is 14.9.